The van der Waals surface area contributed by atoms with Crippen LogP contribution in [0.3, 0.4) is 0 Å². The zero-order valence-electron chi connectivity index (χ0n) is 11.7. The van der Waals surface area contributed by atoms with Crippen LogP contribution in [-0.2, 0) is 18.4 Å². The fourth-order valence-corrected chi connectivity index (χ4v) is 3.26. The number of benzene rings is 1. The fraction of sp³-hybridized carbons (Fsp3) is 0.438. The van der Waals surface area contributed by atoms with Crippen LogP contribution in [0.2, 0.25) is 0 Å². The molecule has 0 radical (unpaired) electrons. The number of nitrogens with zero attached hydrogens (tertiary/aromatic N) is 2. The van der Waals surface area contributed by atoms with Crippen LogP contribution in [0.4, 0.5) is 0 Å². The average Bonchev–Trinajstić information content (AvgIpc) is 2.96. The Bertz CT molecular complexity index is 632. The Labute approximate surface area is 118 Å². The lowest BCUT2D eigenvalue weighted by atomic mass is 10.1. The van der Waals surface area contributed by atoms with Gasteiger partial charge < -0.3 is 9.67 Å². The van der Waals surface area contributed by atoms with E-state index in [1.165, 1.54) is 16.5 Å². The minimum absolute atomic E-state index is 0.298. The molecule has 0 spiro atoms. The number of aryl methyl sites for hydroxylation is 1. The lowest BCUT2D eigenvalue weighted by Crippen LogP contribution is -2.20. The van der Waals surface area contributed by atoms with Crippen LogP contribution in [0.5, 0.6) is 0 Å². The molecule has 3 rings (SSSR count). The van der Waals surface area contributed by atoms with Gasteiger partial charge in [-0.15, -0.1) is 0 Å². The summed E-state index contributed by atoms with van der Waals surface area (Å²) in [5, 5.41) is 10.2. The highest BCUT2D eigenvalue weighted by Gasteiger charge is 2.25. The summed E-state index contributed by atoms with van der Waals surface area (Å²) in [4.78, 5) is 13.1. The number of rotatable bonds is 4. The van der Waals surface area contributed by atoms with E-state index in [1.807, 2.05) is 0 Å². The average molecular weight is 272 g/mol. The van der Waals surface area contributed by atoms with Crippen LogP contribution in [0.15, 0.2) is 30.5 Å². The Morgan fingerprint density at radius 1 is 1.40 bits per heavy atom. The fourth-order valence-electron chi connectivity index (χ4n) is 3.26. The molecule has 1 aliphatic heterocycles. The zero-order chi connectivity index (χ0) is 14.1. The molecule has 2 heterocycles. The highest BCUT2D eigenvalue weighted by atomic mass is 16.4. The second kappa shape index (κ2) is 5.29. The van der Waals surface area contributed by atoms with E-state index in [0.717, 1.165) is 26.1 Å². The van der Waals surface area contributed by atoms with E-state index in [2.05, 4.69) is 47.0 Å². The molecule has 106 valence electrons. The van der Waals surface area contributed by atoms with Crippen LogP contribution in [-0.4, -0.2) is 33.6 Å². The second-order valence-electron chi connectivity index (χ2n) is 5.77. The lowest BCUT2D eigenvalue weighted by Gasteiger charge is -2.15. The maximum absolute atomic E-state index is 10.8. The minimum Gasteiger partial charge on any atom is -0.481 e. The first-order valence-electron chi connectivity index (χ1n) is 7.10. The summed E-state index contributed by atoms with van der Waals surface area (Å²) in [6, 6.07) is 8.43. The van der Waals surface area contributed by atoms with Gasteiger partial charge in [-0.1, -0.05) is 18.2 Å². The van der Waals surface area contributed by atoms with E-state index in [1.54, 1.807) is 0 Å². The van der Waals surface area contributed by atoms with Crippen molar-refractivity contribution in [1.29, 1.82) is 0 Å². The monoisotopic (exact) mass is 272 g/mol. The quantitative estimate of drug-likeness (QED) is 0.930. The van der Waals surface area contributed by atoms with Gasteiger partial charge in [0, 0.05) is 43.7 Å². The molecule has 0 bridgehead atoms. The van der Waals surface area contributed by atoms with E-state index in [9.17, 15) is 4.79 Å². The summed E-state index contributed by atoms with van der Waals surface area (Å²) >= 11 is 0. The van der Waals surface area contributed by atoms with E-state index in [4.69, 9.17) is 5.11 Å². The molecule has 0 saturated carbocycles. The third-order valence-electron chi connectivity index (χ3n) is 4.21. The van der Waals surface area contributed by atoms with Crippen LogP contribution >= 0.6 is 0 Å². The van der Waals surface area contributed by atoms with Gasteiger partial charge in [0.05, 0.1) is 0 Å². The number of fused-ring (bicyclic) bond motifs is 1. The van der Waals surface area contributed by atoms with Crippen LogP contribution in [0, 0.1) is 5.92 Å². The van der Waals surface area contributed by atoms with Gasteiger partial charge in [-0.25, -0.2) is 0 Å². The maximum atomic E-state index is 10.8. The predicted octanol–water partition coefficient (Wildman–Crippen LogP) is 2.47. The normalized spacial score (nSPS) is 19.8. The number of aromatic nitrogens is 1. The van der Waals surface area contributed by atoms with Gasteiger partial charge in [-0.3, -0.25) is 9.69 Å². The maximum Gasteiger partial charge on any atom is 0.303 e. The Balaban J connectivity index is 1.73. The predicted molar refractivity (Wildman–Crippen MR) is 78.6 cm³/mol. The van der Waals surface area contributed by atoms with Crippen molar-refractivity contribution in [1.82, 2.24) is 9.47 Å². The largest absolute Gasteiger partial charge is 0.481 e. The van der Waals surface area contributed by atoms with Crippen molar-refractivity contribution in [3.63, 3.8) is 0 Å². The molecule has 4 heteroatoms. The molecule has 1 saturated heterocycles. The Hall–Kier alpha value is -1.81. The Morgan fingerprint density at radius 3 is 3.00 bits per heavy atom. The third kappa shape index (κ3) is 2.56. The summed E-state index contributed by atoms with van der Waals surface area (Å²) in [5.41, 5.74) is 2.59. The molecule has 1 aliphatic rings. The second-order valence-corrected chi connectivity index (χ2v) is 5.77. The molecule has 2 aromatic rings. The molecule has 1 unspecified atom stereocenters. The van der Waals surface area contributed by atoms with Gasteiger partial charge in [-0.2, -0.15) is 0 Å². The molecule has 1 fully saturated rings. The number of para-hydroxylation sites is 1. The highest BCUT2D eigenvalue weighted by molar-refractivity contribution is 5.83. The molecule has 4 nitrogen and oxygen atoms in total. The van der Waals surface area contributed by atoms with Crippen LogP contribution < -0.4 is 0 Å². The van der Waals surface area contributed by atoms with Gasteiger partial charge in [-0.05, 0) is 30.5 Å². The number of carbonyl (C=O) groups is 1. The number of carboxylic acids is 1. The summed E-state index contributed by atoms with van der Waals surface area (Å²) in [5.74, 6) is -0.371. The van der Waals surface area contributed by atoms with Crippen LogP contribution in [0.1, 0.15) is 18.4 Å². The molecule has 1 N–H and O–H groups in total. The molecule has 0 amide bonds. The summed E-state index contributed by atoms with van der Waals surface area (Å²) in [7, 11) is 2.07. The van der Waals surface area contributed by atoms with E-state index in [0.29, 0.717) is 12.3 Å². The molecule has 1 aromatic carbocycles. The molecular weight excluding hydrogens is 252 g/mol. The standard InChI is InChI=1S/C16H20N2O2/c1-17-10-13(14-4-2-3-5-15(14)17)11-18-7-6-12(9-18)8-16(19)20/h2-5,10,12H,6-9,11H2,1H3,(H,19,20). The number of likely N-dealkylation sites (tertiary alicyclic amines) is 1. The van der Waals surface area contributed by atoms with E-state index >= 15 is 0 Å². The summed E-state index contributed by atoms with van der Waals surface area (Å²) in [6.07, 6.45) is 3.48. The minimum atomic E-state index is -0.679. The Kier molecular flexibility index (Phi) is 3.49. The van der Waals surface area contributed by atoms with Gasteiger partial charge >= 0.3 is 5.97 Å². The summed E-state index contributed by atoms with van der Waals surface area (Å²) < 4.78 is 2.16. The molecule has 20 heavy (non-hydrogen) atoms. The highest BCUT2D eigenvalue weighted by Crippen LogP contribution is 2.25. The van der Waals surface area contributed by atoms with E-state index < -0.39 is 5.97 Å². The third-order valence-corrected chi connectivity index (χ3v) is 4.21. The van der Waals surface area contributed by atoms with Crippen molar-refractivity contribution >= 4 is 16.9 Å². The van der Waals surface area contributed by atoms with Crippen molar-refractivity contribution < 1.29 is 9.90 Å². The molecule has 0 aliphatic carbocycles. The topological polar surface area (TPSA) is 45.5 Å². The van der Waals surface area contributed by atoms with Gasteiger partial charge in [0.15, 0.2) is 0 Å². The molecular formula is C16H20N2O2. The van der Waals surface area contributed by atoms with E-state index in [-0.39, 0.29) is 0 Å². The number of carboxylic acid groups (broad SMARTS) is 1. The summed E-state index contributed by atoms with van der Waals surface area (Å²) in [6.45, 7) is 2.81. The van der Waals surface area contributed by atoms with Crippen molar-refractivity contribution in [2.24, 2.45) is 13.0 Å². The van der Waals surface area contributed by atoms with Gasteiger partial charge in [0.1, 0.15) is 0 Å². The first kappa shape index (κ1) is 13.2. The lowest BCUT2D eigenvalue weighted by molar-refractivity contribution is -0.138. The first-order valence-corrected chi connectivity index (χ1v) is 7.10. The molecule has 1 atom stereocenters. The smallest absolute Gasteiger partial charge is 0.303 e. The number of hydrogen-bond acceptors (Lipinski definition) is 2. The SMILES string of the molecule is Cn1cc(CN2CCC(CC(=O)O)C2)c2ccccc21. The number of hydrogen-bond donors (Lipinski definition) is 1. The zero-order valence-corrected chi connectivity index (χ0v) is 11.7. The number of aliphatic carboxylic acids is 1. The van der Waals surface area contributed by atoms with Gasteiger partial charge in [0.2, 0.25) is 0 Å². The van der Waals surface area contributed by atoms with Crippen molar-refractivity contribution in [2.45, 2.75) is 19.4 Å². The van der Waals surface area contributed by atoms with Crippen molar-refractivity contribution in [3.8, 4) is 0 Å². The van der Waals surface area contributed by atoms with Crippen molar-refractivity contribution in [2.75, 3.05) is 13.1 Å². The van der Waals surface area contributed by atoms with Crippen molar-refractivity contribution in [3.05, 3.63) is 36.0 Å². The van der Waals surface area contributed by atoms with Gasteiger partial charge in [0.25, 0.3) is 0 Å². The Morgan fingerprint density at radius 2 is 2.20 bits per heavy atom. The van der Waals surface area contributed by atoms with Crippen LogP contribution in [0.25, 0.3) is 10.9 Å². The first-order chi connectivity index (χ1) is 9.63. The molecule has 1 aromatic heterocycles.